The van der Waals surface area contributed by atoms with Crippen molar-refractivity contribution in [1.29, 1.82) is 0 Å². The summed E-state index contributed by atoms with van der Waals surface area (Å²) in [4.78, 5) is 0. The SMILES string of the molecule is CCc1c(C)ccc(OC)c1OC. The number of aryl methyl sites for hydroxylation is 1. The van der Waals surface area contributed by atoms with Crippen LogP contribution in [0.4, 0.5) is 0 Å². The fraction of sp³-hybridized carbons (Fsp3) is 0.455. The van der Waals surface area contributed by atoms with E-state index in [1.54, 1.807) is 14.2 Å². The maximum absolute atomic E-state index is 5.31. The van der Waals surface area contributed by atoms with Crippen LogP contribution in [0.2, 0.25) is 0 Å². The number of hydrogen-bond acceptors (Lipinski definition) is 2. The standard InChI is InChI=1S/C11H16O2/c1-5-9-8(2)6-7-10(12-3)11(9)13-4/h6-7H,5H2,1-4H3. The van der Waals surface area contributed by atoms with Gasteiger partial charge in [-0.3, -0.25) is 0 Å². The van der Waals surface area contributed by atoms with Crippen molar-refractivity contribution in [2.75, 3.05) is 14.2 Å². The van der Waals surface area contributed by atoms with Gasteiger partial charge in [-0.25, -0.2) is 0 Å². The topological polar surface area (TPSA) is 18.5 Å². The first-order valence-electron chi connectivity index (χ1n) is 4.45. The molecular formula is C11H16O2. The monoisotopic (exact) mass is 180 g/mol. The molecule has 0 bridgehead atoms. The fourth-order valence-electron chi connectivity index (χ4n) is 1.53. The summed E-state index contributed by atoms with van der Waals surface area (Å²) in [5.41, 5.74) is 2.47. The molecule has 72 valence electrons. The van der Waals surface area contributed by atoms with Gasteiger partial charge in [-0.05, 0) is 25.0 Å². The van der Waals surface area contributed by atoms with Crippen molar-refractivity contribution in [2.45, 2.75) is 20.3 Å². The first kappa shape index (κ1) is 9.90. The van der Waals surface area contributed by atoms with Gasteiger partial charge in [0, 0.05) is 5.56 Å². The Kier molecular flexibility index (Phi) is 3.18. The third kappa shape index (κ3) is 1.77. The zero-order valence-corrected chi connectivity index (χ0v) is 8.68. The quantitative estimate of drug-likeness (QED) is 0.711. The summed E-state index contributed by atoms with van der Waals surface area (Å²) in [6, 6.07) is 3.99. The average Bonchev–Trinajstić information content (AvgIpc) is 2.17. The third-order valence-corrected chi connectivity index (χ3v) is 2.24. The lowest BCUT2D eigenvalue weighted by Gasteiger charge is -2.13. The molecule has 1 rings (SSSR count). The lowest BCUT2D eigenvalue weighted by Crippen LogP contribution is -1.97. The highest BCUT2D eigenvalue weighted by atomic mass is 16.5. The second-order valence-corrected chi connectivity index (χ2v) is 2.95. The molecule has 0 heterocycles. The van der Waals surface area contributed by atoms with Crippen LogP contribution in [-0.4, -0.2) is 14.2 Å². The van der Waals surface area contributed by atoms with Gasteiger partial charge >= 0.3 is 0 Å². The van der Waals surface area contributed by atoms with E-state index in [0.29, 0.717) is 0 Å². The van der Waals surface area contributed by atoms with Crippen LogP contribution in [0.1, 0.15) is 18.1 Å². The Bertz CT molecular complexity index is 292. The second-order valence-electron chi connectivity index (χ2n) is 2.95. The Balaban J connectivity index is 3.27. The molecule has 0 atom stereocenters. The minimum absolute atomic E-state index is 0.810. The third-order valence-electron chi connectivity index (χ3n) is 2.24. The van der Waals surface area contributed by atoms with Crippen LogP contribution in [0, 0.1) is 6.92 Å². The molecule has 0 N–H and O–H groups in total. The molecule has 0 saturated heterocycles. The van der Waals surface area contributed by atoms with Crippen molar-refractivity contribution in [1.82, 2.24) is 0 Å². The molecule has 0 spiro atoms. The molecular weight excluding hydrogens is 164 g/mol. The largest absolute Gasteiger partial charge is 0.493 e. The first-order chi connectivity index (χ1) is 6.24. The average molecular weight is 180 g/mol. The van der Waals surface area contributed by atoms with Crippen molar-refractivity contribution in [2.24, 2.45) is 0 Å². The van der Waals surface area contributed by atoms with E-state index in [4.69, 9.17) is 9.47 Å². The normalized spacial score (nSPS) is 9.85. The van der Waals surface area contributed by atoms with Crippen molar-refractivity contribution in [3.63, 3.8) is 0 Å². The van der Waals surface area contributed by atoms with Crippen LogP contribution in [0.25, 0.3) is 0 Å². The Hall–Kier alpha value is -1.18. The predicted octanol–water partition coefficient (Wildman–Crippen LogP) is 2.57. The van der Waals surface area contributed by atoms with E-state index in [9.17, 15) is 0 Å². The summed E-state index contributed by atoms with van der Waals surface area (Å²) < 4.78 is 10.5. The molecule has 1 aromatic rings. The van der Waals surface area contributed by atoms with Gasteiger partial charge in [-0.1, -0.05) is 13.0 Å². The molecule has 0 amide bonds. The van der Waals surface area contributed by atoms with Crippen LogP contribution in [0.15, 0.2) is 12.1 Å². The second kappa shape index (κ2) is 4.17. The molecule has 0 aromatic heterocycles. The predicted molar refractivity (Wildman–Crippen MR) is 53.7 cm³/mol. The smallest absolute Gasteiger partial charge is 0.164 e. The lowest BCUT2D eigenvalue weighted by molar-refractivity contribution is 0.351. The zero-order valence-electron chi connectivity index (χ0n) is 8.68. The van der Waals surface area contributed by atoms with Crippen molar-refractivity contribution in [3.05, 3.63) is 23.3 Å². The Morgan fingerprint density at radius 1 is 1.15 bits per heavy atom. The Labute approximate surface area is 79.5 Å². The van der Waals surface area contributed by atoms with E-state index in [1.165, 1.54) is 11.1 Å². The summed E-state index contributed by atoms with van der Waals surface area (Å²) >= 11 is 0. The molecule has 0 aliphatic heterocycles. The molecule has 0 radical (unpaired) electrons. The van der Waals surface area contributed by atoms with E-state index in [-0.39, 0.29) is 0 Å². The van der Waals surface area contributed by atoms with Gasteiger partial charge in [-0.15, -0.1) is 0 Å². The summed E-state index contributed by atoms with van der Waals surface area (Å²) in [7, 11) is 3.34. The molecule has 2 nitrogen and oxygen atoms in total. The van der Waals surface area contributed by atoms with Crippen LogP contribution in [-0.2, 0) is 6.42 Å². The van der Waals surface area contributed by atoms with Gasteiger partial charge in [0.25, 0.3) is 0 Å². The first-order valence-corrected chi connectivity index (χ1v) is 4.45. The molecule has 1 aromatic carbocycles. The molecule has 0 aliphatic rings. The number of ether oxygens (including phenoxy) is 2. The highest BCUT2D eigenvalue weighted by Crippen LogP contribution is 2.33. The lowest BCUT2D eigenvalue weighted by atomic mass is 10.0. The van der Waals surface area contributed by atoms with E-state index in [1.807, 2.05) is 6.07 Å². The maximum atomic E-state index is 5.31. The Morgan fingerprint density at radius 3 is 2.31 bits per heavy atom. The summed E-state index contributed by atoms with van der Waals surface area (Å²) in [5, 5.41) is 0. The highest BCUT2D eigenvalue weighted by Gasteiger charge is 2.10. The summed E-state index contributed by atoms with van der Waals surface area (Å²) in [6.45, 7) is 4.20. The number of benzene rings is 1. The van der Waals surface area contributed by atoms with Crippen molar-refractivity contribution in [3.8, 4) is 11.5 Å². The van der Waals surface area contributed by atoms with Gasteiger partial charge in [-0.2, -0.15) is 0 Å². The summed E-state index contributed by atoms with van der Waals surface area (Å²) in [6.07, 6.45) is 0.964. The minimum atomic E-state index is 0.810. The van der Waals surface area contributed by atoms with Crippen LogP contribution in [0.3, 0.4) is 0 Å². The van der Waals surface area contributed by atoms with Gasteiger partial charge in [0.2, 0.25) is 0 Å². The molecule has 2 heteroatoms. The molecule has 0 fully saturated rings. The van der Waals surface area contributed by atoms with Gasteiger partial charge in [0.1, 0.15) is 0 Å². The summed E-state index contributed by atoms with van der Waals surface area (Å²) in [5.74, 6) is 1.68. The number of hydrogen-bond donors (Lipinski definition) is 0. The molecule has 13 heavy (non-hydrogen) atoms. The van der Waals surface area contributed by atoms with E-state index < -0.39 is 0 Å². The van der Waals surface area contributed by atoms with E-state index in [2.05, 4.69) is 19.9 Å². The van der Waals surface area contributed by atoms with Crippen LogP contribution >= 0.6 is 0 Å². The maximum Gasteiger partial charge on any atom is 0.164 e. The van der Waals surface area contributed by atoms with Crippen LogP contribution < -0.4 is 9.47 Å². The Morgan fingerprint density at radius 2 is 1.85 bits per heavy atom. The van der Waals surface area contributed by atoms with Crippen molar-refractivity contribution < 1.29 is 9.47 Å². The fourth-order valence-corrected chi connectivity index (χ4v) is 1.53. The zero-order chi connectivity index (χ0) is 9.84. The molecule has 0 saturated carbocycles. The number of methoxy groups -OCH3 is 2. The van der Waals surface area contributed by atoms with Gasteiger partial charge in [0.05, 0.1) is 14.2 Å². The number of rotatable bonds is 3. The molecule has 0 aliphatic carbocycles. The van der Waals surface area contributed by atoms with Crippen LogP contribution in [0.5, 0.6) is 11.5 Å². The van der Waals surface area contributed by atoms with Crippen molar-refractivity contribution >= 4 is 0 Å². The van der Waals surface area contributed by atoms with E-state index in [0.717, 1.165) is 17.9 Å². The van der Waals surface area contributed by atoms with E-state index >= 15 is 0 Å². The highest BCUT2D eigenvalue weighted by molar-refractivity contribution is 5.50. The minimum Gasteiger partial charge on any atom is -0.493 e. The molecule has 0 unspecified atom stereocenters. The van der Waals surface area contributed by atoms with Gasteiger partial charge in [0.15, 0.2) is 11.5 Å². The van der Waals surface area contributed by atoms with Gasteiger partial charge < -0.3 is 9.47 Å².